The van der Waals surface area contributed by atoms with Gasteiger partial charge < -0.3 is 4.74 Å². The van der Waals surface area contributed by atoms with E-state index in [0.29, 0.717) is 33.9 Å². The minimum atomic E-state index is 0.198. The number of ether oxygens (including phenoxy) is 1. The van der Waals surface area contributed by atoms with Crippen LogP contribution < -0.4 is 0 Å². The lowest BCUT2D eigenvalue weighted by Gasteiger charge is -2.41. The maximum atomic E-state index is 12.1. The maximum absolute atomic E-state index is 12.1. The lowest BCUT2D eigenvalue weighted by Crippen LogP contribution is -2.40. The first kappa shape index (κ1) is 15.3. The van der Waals surface area contributed by atoms with Gasteiger partial charge in [0.05, 0.1) is 6.61 Å². The van der Waals surface area contributed by atoms with Crippen molar-refractivity contribution in [2.45, 2.75) is 58.1 Å². The molecule has 2 aliphatic rings. The van der Waals surface area contributed by atoms with E-state index < -0.39 is 0 Å². The zero-order valence-corrected chi connectivity index (χ0v) is 13.7. The molecule has 2 nitrogen and oxygen atoms in total. The Labute approximate surface area is 126 Å². The van der Waals surface area contributed by atoms with Gasteiger partial charge in [-0.25, -0.2) is 0 Å². The highest BCUT2D eigenvalue weighted by molar-refractivity contribution is 8.23. The van der Waals surface area contributed by atoms with E-state index >= 15 is 0 Å². The molecule has 0 N–H and O–H groups in total. The Balaban J connectivity index is 2.04. The van der Waals surface area contributed by atoms with Crippen molar-refractivity contribution in [2.24, 2.45) is 17.3 Å². The van der Waals surface area contributed by atoms with Crippen molar-refractivity contribution in [3.63, 3.8) is 0 Å². The van der Waals surface area contributed by atoms with Gasteiger partial charge in [0, 0.05) is 17.6 Å². The normalized spacial score (nSPS) is 35.8. The fourth-order valence-electron chi connectivity index (χ4n) is 4.13. The number of rotatable bonds is 3. The van der Waals surface area contributed by atoms with E-state index in [4.69, 9.17) is 17.0 Å². The molecule has 0 bridgehead atoms. The number of Topliss-reactive ketones (excluding diaryl/α,β-unsaturated/α-hetero) is 1. The van der Waals surface area contributed by atoms with E-state index in [1.54, 1.807) is 11.8 Å². The highest BCUT2D eigenvalue weighted by Crippen LogP contribution is 2.56. The third-order valence-electron chi connectivity index (χ3n) is 5.05. The summed E-state index contributed by atoms with van der Waals surface area (Å²) in [6, 6.07) is 0. The van der Waals surface area contributed by atoms with Crippen LogP contribution in [-0.4, -0.2) is 22.0 Å². The van der Waals surface area contributed by atoms with Crippen LogP contribution in [-0.2, 0) is 9.53 Å². The van der Waals surface area contributed by atoms with Crippen molar-refractivity contribution in [3.8, 4) is 0 Å². The summed E-state index contributed by atoms with van der Waals surface area (Å²) in [6.07, 6.45) is 5.30. The van der Waals surface area contributed by atoms with Gasteiger partial charge in [-0.05, 0) is 56.2 Å². The topological polar surface area (TPSA) is 26.3 Å². The lowest BCUT2D eigenvalue weighted by molar-refractivity contribution is -0.129. The van der Waals surface area contributed by atoms with Gasteiger partial charge >= 0.3 is 0 Å². The van der Waals surface area contributed by atoms with Crippen molar-refractivity contribution in [1.29, 1.82) is 0 Å². The van der Waals surface area contributed by atoms with Gasteiger partial charge in [-0.2, -0.15) is 0 Å². The molecule has 0 aromatic heterocycles. The van der Waals surface area contributed by atoms with Gasteiger partial charge in [-0.3, -0.25) is 4.79 Å². The lowest BCUT2D eigenvalue weighted by atomic mass is 9.64. The van der Waals surface area contributed by atoms with Gasteiger partial charge in [0.25, 0.3) is 0 Å². The van der Waals surface area contributed by atoms with Crippen LogP contribution in [0, 0.1) is 17.3 Å². The largest absolute Gasteiger partial charge is 0.479 e. The molecule has 2 aliphatic carbocycles. The predicted molar refractivity (Wildman–Crippen MR) is 84.5 cm³/mol. The maximum Gasteiger partial charge on any atom is 0.220 e. The fourth-order valence-corrected chi connectivity index (χ4v) is 5.80. The van der Waals surface area contributed by atoms with E-state index in [2.05, 4.69) is 13.8 Å². The molecule has 4 atom stereocenters. The van der Waals surface area contributed by atoms with Crippen LogP contribution in [0.15, 0.2) is 0 Å². The van der Waals surface area contributed by atoms with Crippen molar-refractivity contribution in [2.75, 3.05) is 6.61 Å². The predicted octanol–water partition coefficient (Wildman–Crippen LogP) is 4.22. The molecule has 0 heterocycles. The summed E-state index contributed by atoms with van der Waals surface area (Å²) >= 11 is 6.92. The Kier molecular flexibility index (Phi) is 4.93. The molecule has 0 saturated heterocycles. The summed E-state index contributed by atoms with van der Waals surface area (Å²) in [5.74, 6) is 1.39. The number of thioether (sulfide) groups is 1. The molecule has 0 radical (unpaired) electrons. The van der Waals surface area contributed by atoms with Crippen molar-refractivity contribution in [1.82, 2.24) is 0 Å². The molecule has 2 rings (SSSR count). The molecule has 0 aliphatic heterocycles. The van der Waals surface area contributed by atoms with Crippen LogP contribution >= 0.6 is 24.0 Å². The Hall–Kier alpha value is -0.0900. The van der Waals surface area contributed by atoms with Gasteiger partial charge in [0.15, 0.2) is 0 Å². The highest BCUT2D eigenvalue weighted by Gasteiger charge is 2.52. The van der Waals surface area contributed by atoms with Crippen molar-refractivity contribution >= 4 is 34.1 Å². The number of carbonyl (C=O) groups excluding carboxylic acids is 1. The standard InChI is InChI=1S/C15H24O2S2/c1-4-17-14(18)19-10(2)11-7-8-12-13(16)6-5-9-15(11,12)3/h10-12H,4-9H2,1-3H3. The van der Waals surface area contributed by atoms with Gasteiger partial charge in [-0.15, -0.1) is 0 Å². The second kappa shape index (κ2) is 6.13. The Morgan fingerprint density at radius 1 is 1.58 bits per heavy atom. The second-order valence-electron chi connectivity index (χ2n) is 6.07. The Bertz CT molecular complexity index is 369. The zero-order chi connectivity index (χ0) is 14.0. The molecule has 108 valence electrons. The minimum absolute atomic E-state index is 0.198. The fraction of sp³-hybridized carbons (Fsp3) is 0.867. The van der Waals surface area contributed by atoms with Gasteiger partial charge in [0.1, 0.15) is 5.78 Å². The summed E-state index contributed by atoms with van der Waals surface area (Å²) in [7, 11) is 0. The number of thiocarbonyl (C=S) groups is 1. The number of fused-ring (bicyclic) bond motifs is 1. The summed E-state index contributed by atoms with van der Waals surface area (Å²) in [4.78, 5) is 12.1. The van der Waals surface area contributed by atoms with Crippen molar-refractivity contribution < 1.29 is 9.53 Å². The number of ketones is 1. The monoisotopic (exact) mass is 300 g/mol. The molecular formula is C15H24O2S2. The van der Waals surface area contributed by atoms with E-state index in [1.165, 1.54) is 6.42 Å². The second-order valence-corrected chi connectivity index (χ2v) is 8.05. The molecule has 2 fully saturated rings. The molecule has 2 saturated carbocycles. The molecule has 4 heteroatoms. The molecule has 0 aromatic carbocycles. The molecule has 19 heavy (non-hydrogen) atoms. The highest BCUT2D eigenvalue weighted by atomic mass is 32.2. The molecule has 0 amide bonds. The van der Waals surface area contributed by atoms with Crippen LogP contribution in [0.1, 0.15) is 52.9 Å². The molecule has 0 aromatic rings. The van der Waals surface area contributed by atoms with E-state index in [0.717, 1.165) is 25.7 Å². The quantitative estimate of drug-likeness (QED) is 0.729. The number of hydrogen-bond acceptors (Lipinski definition) is 4. The van der Waals surface area contributed by atoms with Crippen LogP contribution in [0.5, 0.6) is 0 Å². The van der Waals surface area contributed by atoms with Crippen LogP contribution in [0.25, 0.3) is 0 Å². The first-order valence-corrected chi connectivity index (χ1v) is 8.64. The Morgan fingerprint density at radius 2 is 2.32 bits per heavy atom. The third kappa shape index (κ3) is 2.99. The first-order chi connectivity index (χ1) is 8.99. The van der Waals surface area contributed by atoms with Crippen LogP contribution in [0.4, 0.5) is 0 Å². The van der Waals surface area contributed by atoms with Crippen molar-refractivity contribution in [3.05, 3.63) is 0 Å². The average Bonchev–Trinajstić information content (AvgIpc) is 2.68. The number of carbonyl (C=O) groups is 1. The third-order valence-corrected chi connectivity index (χ3v) is 6.46. The summed E-state index contributed by atoms with van der Waals surface area (Å²) in [5.41, 5.74) is 0.198. The smallest absolute Gasteiger partial charge is 0.220 e. The van der Waals surface area contributed by atoms with E-state index in [-0.39, 0.29) is 5.41 Å². The first-order valence-electron chi connectivity index (χ1n) is 7.35. The van der Waals surface area contributed by atoms with Crippen LogP contribution in [0.3, 0.4) is 0 Å². The van der Waals surface area contributed by atoms with E-state index in [1.807, 2.05) is 6.92 Å². The zero-order valence-electron chi connectivity index (χ0n) is 12.1. The molecule has 4 unspecified atom stereocenters. The van der Waals surface area contributed by atoms with Gasteiger partial charge in [-0.1, -0.05) is 25.6 Å². The summed E-state index contributed by atoms with van der Waals surface area (Å²) < 4.78 is 6.05. The van der Waals surface area contributed by atoms with Crippen LogP contribution in [0.2, 0.25) is 0 Å². The Morgan fingerprint density at radius 3 is 3.00 bits per heavy atom. The summed E-state index contributed by atoms with van der Waals surface area (Å²) in [6.45, 7) is 7.17. The van der Waals surface area contributed by atoms with E-state index in [9.17, 15) is 4.79 Å². The molecule has 0 spiro atoms. The SMILES string of the molecule is CCOC(=S)SC(C)C1CCC2C(=O)CCCC21C. The minimum Gasteiger partial charge on any atom is -0.479 e. The average molecular weight is 300 g/mol. The van der Waals surface area contributed by atoms with Gasteiger partial charge in [0.2, 0.25) is 4.38 Å². The number of hydrogen-bond donors (Lipinski definition) is 0. The summed E-state index contributed by atoms with van der Waals surface area (Å²) in [5, 5.41) is 0.444. The molecular weight excluding hydrogens is 276 g/mol.